The van der Waals surface area contributed by atoms with Crippen LogP contribution >= 0.6 is 0 Å². The number of fused-ring (bicyclic) bond motifs is 1. The highest BCUT2D eigenvalue weighted by Crippen LogP contribution is 2.32. The van der Waals surface area contributed by atoms with Gasteiger partial charge in [0.1, 0.15) is 5.82 Å². The summed E-state index contributed by atoms with van der Waals surface area (Å²) in [5.74, 6) is -0.376. The van der Waals surface area contributed by atoms with E-state index in [0.29, 0.717) is 17.7 Å². The van der Waals surface area contributed by atoms with E-state index in [1.807, 2.05) is 17.9 Å². The molecule has 0 saturated heterocycles. The highest BCUT2D eigenvalue weighted by Gasteiger charge is 2.34. The molecule has 0 aliphatic heterocycles. The first-order chi connectivity index (χ1) is 12.0. The summed E-state index contributed by atoms with van der Waals surface area (Å²) in [6.45, 7) is 2.73. The first-order valence-electron chi connectivity index (χ1n) is 8.36. The lowest BCUT2D eigenvalue weighted by molar-refractivity contribution is -0.139. The molecular weight excluding hydrogens is 325 g/mol. The number of nitrogens with one attached hydrogen (secondary N) is 1. The lowest BCUT2D eigenvalue weighted by atomic mass is 9.85. The second-order valence-corrected chi connectivity index (χ2v) is 6.29. The number of carboxylic acid groups (broad SMARTS) is 1. The number of carboxylic acids is 1. The van der Waals surface area contributed by atoms with Crippen LogP contribution in [0.5, 0.6) is 5.75 Å². The maximum absolute atomic E-state index is 14.0. The van der Waals surface area contributed by atoms with E-state index >= 15 is 0 Å². The second-order valence-electron chi connectivity index (χ2n) is 6.29. The number of carbonyl (C=O) groups is 1. The quantitative estimate of drug-likeness (QED) is 0.802. The first kappa shape index (κ1) is 17.4. The fourth-order valence-electron chi connectivity index (χ4n) is 3.32. The number of halogens is 1. The summed E-state index contributed by atoms with van der Waals surface area (Å²) >= 11 is 0. The van der Waals surface area contributed by atoms with Crippen molar-refractivity contribution in [3.05, 3.63) is 30.2 Å². The van der Waals surface area contributed by atoms with Gasteiger partial charge in [0.15, 0.2) is 11.6 Å². The van der Waals surface area contributed by atoms with Crippen LogP contribution in [-0.2, 0) is 4.79 Å². The summed E-state index contributed by atoms with van der Waals surface area (Å²) < 4.78 is 19.0. The predicted molar refractivity (Wildman–Crippen MR) is 93.6 cm³/mol. The smallest absolute Gasteiger partial charge is 0.317 e. The number of pyridine rings is 1. The van der Waals surface area contributed by atoms with Gasteiger partial charge in [-0.25, -0.2) is 9.37 Å². The number of rotatable bonds is 7. The lowest BCUT2D eigenvalue weighted by Gasteiger charge is -2.42. The summed E-state index contributed by atoms with van der Waals surface area (Å²) in [6, 6.07) is 5.37. The molecule has 6 nitrogen and oxygen atoms in total. The van der Waals surface area contributed by atoms with Crippen LogP contribution in [0.4, 0.5) is 10.2 Å². The molecule has 1 saturated carbocycles. The molecule has 25 heavy (non-hydrogen) atoms. The molecule has 0 atom stereocenters. The van der Waals surface area contributed by atoms with Crippen molar-refractivity contribution in [3.63, 3.8) is 0 Å². The second kappa shape index (κ2) is 7.23. The molecule has 1 heterocycles. The van der Waals surface area contributed by atoms with Gasteiger partial charge in [-0.05, 0) is 43.0 Å². The van der Waals surface area contributed by atoms with Crippen LogP contribution < -0.4 is 10.1 Å². The number of aliphatic carboxylic acids is 1. The molecule has 1 aromatic heterocycles. The molecule has 0 spiro atoms. The molecule has 7 heteroatoms. The normalized spacial score (nSPS) is 19.7. The van der Waals surface area contributed by atoms with Gasteiger partial charge in [-0.2, -0.15) is 0 Å². The molecule has 0 bridgehead atoms. The third-order valence-electron chi connectivity index (χ3n) is 4.75. The minimum absolute atomic E-state index is 0.0609. The van der Waals surface area contributed by atoms with Crippen molar-refractivity contribution < 1.29 is 19.0 Å². The van der Waals surface area contributed by atoms with Gasteiger partial charge in [0.2, 0.25) is 0 Å². The molecule has 0 unspecified atom stereocenters. The Hall–Kier alpha value is -2.41. The first-order valence-corrected chi connectivity index (χ1v) is 8.36. The SMILES string of the molecule is CCN(CC(=O)O)C1CC(Nc2nccc3cc(OC)c(F)cc23)C1. The Morgan fingerprint density at radius 3 is 2.88 bits per heavy atom. The molecular formula is C18H22FN3O3. The minimum Gasteiger partial charge on any atom is -0.494 e. The van der Waals surface area contributed by atoms with Crippen LogP contribution in [0.2, 0.25) is 0 Å². The van der Waals surface area contributed by atoms with Gasteiger partial charge in [-0.3, -0.25) is 9.69 Å². The van der Waals surface area contributed by atoms with Crippen molar-refractivity contribution in [2.24, 2.45) is 0 Å². The maximum Gasteiger partial charge on any atom is 0.317 e. The Labute approximate surface area is 145 Å². The number of hydrogen-bond acceptors (Lipinski definition) is 5. The Morgan fingerprint density at radius 1 is 1.48 bits per heavy atom. The van der Waals surface area contributed by atoms with E-state index in [4.69, 9.17) is 9.84 Å². The van der Waals surface area contributed by atoms with Gasteiger partial charge in [0.25, 0.3) is 0 Å². The average molecular weight is 347 g/mol. The number of benzene rings is 1. The van der Waals surface area contributed by atoms with E-state index < -0.39 is 11.8 Å². The van der Waals surface area contributed by atoms with Crippen molar-refractivity contribution in [1.82, 2.24) is 9.88 Å². The van der Waals surface area contributed by atoms with Crippen molar-refractivity contribution >= 4 is 22.6 Å². The van der Waals surface area contributed by atoms with Crippen LogP contribution in [0.3, 0.4) is 0 Å². The monoisotopic (exact) mass is 347 g/mol. The number of likely N-dealkylation sites (N-methyl/N-ethyl adjacent to an activating group) is 1. The van der Waals surface area contributed by atoms with Crippen LogP contribution in [0, 0.1) is 5.82 Å². The summed E-state index contributed by atoms with van der Waals surface area (Å²) in [5, 5.41) is 13.9. The third-order valence-corrected chi connectivity index (χ3v) is 4.75. The van der Waals surface area contributed by atoms with Crippen LogP contribution in [0.25, 0.3) is 10.8 Å². The van der Waals surface area contributed by atoms with Gasteiger partial charge in [0.05, 0.1) is 13.7 Å². The fraction of sp³-hybridized carbons (Fsp3) is 0.444. The lowest BCUT2D eigenvalue weighted by Crippen LogP contribution is -2.51. The molecule has 3 rings (SSSR count). The van der Waals surface area contributed by atoms with Gasteiger partial charge in [0, 0.05) is 23.7 Å². The topological polar surface area (TPSA) is 74.7 Å². The molecule has 2 N–H and O–H groups in total. The average Bonchev–Trinajstić information content (AvgIpc) is 2.55. The Bertz CT molecular complexity index is 777. The van der Waals surface area contributed by atoms with Crippen molar-refractivity contribution in [2.75, 3.05) is 25.5 Å². The highest BCUT2D eigenvalue weighted by molar-refractivity contribution is 5.92. The summed E-state index contributed by atoms with van der Waals surface area (Å²) in [6.07, 6.45) is 3.37. The predicted octanol–water partition coefficient (Wildman–Crippen LogP) is 2.73. The molecule has 0 radical (unpaired) electrons. The van der Waals surface area contributed by atoms with Gasteiger partial charge in [-0.1, -0.05) is 6.92 Å². The molecule has 1 aromatic carbocycles. The summed E-state index contributed by atoms with van der Waals surface area (Å²) in [7, 11) is 1.44. The fourth-order valence-corrected chi connectivity index (χ4v) is 3.32. The zero-order valence-corrected chi connectivity index (χ0v) is 14.3. The zero-order valence-electron chi connectivity index (χ0n) is 14.3. The van der Waals surface area contributed by atoms with Crippen molar-refractivity contribution in [2.45, 2.75) is 31.8 Å². The number of nitrogens with zero attached hydrogens (tertiary/aromatic N) is 2. The molecule has 0 amide bonds. The largest absolute Gasteiger partial charge is 0.494 e. The number of anilines is 1. The van der Waals surface area contributed by atoms with E-state index in [-0.39, 0.29) is 24.4 Å². The van der Waals surface area contributed by atoms with Gasteiger partial charge >= 0.3 is 5.97 Å². The van der Waals surface area contributed by atoms with Crippen LogP contribution in [-0.4, -0.2) is 53.2 Å². The Balaban J connectivity index is 1.70. The zero-order chi connectivity index (χ0) is 18.0. The van der Waals surface area contributed by atoms with Crippen LogP contribution in [0.1, 0.15) is 19.8 Å². The molecule has 1 fully saturated rings. The van der Waals surface area contributed by atoms with Crippen molar-refractivity contribution in [1.29, 1.82) is 0 Å². The number of ether oxygens (including phenoxy) is 1. The van der Waals surface area contributed by atoms with Crippen molar-refractivity contribution in [3.8, 4) is 5.75 Å². The van der Waals surface area contributed by atoms with Crippen LogP contribution in [0.15, 0.2) is 24.4 Å². The van der Waals surface area contributed by atoms with Gasteiger partial charge < -0.3 is 15.2 Å². The standard InChI is InChI=1S/C18H22FN3O3/c1-3-22(10-17(23)24)13-7-12(8-13)21-18-14-9-15(19)16(25-2)6-11(14)4-5-20-18/h4-6,9,12-13H,3,7-8,10H2,1-2H3,(H,20,21)(H,23,24). The number of aromatic nitrogens is 1. The van der Waals surface area contributed by atoms with E-state index in [9.17, 15) is 9.18 Å². The highest BCUT2D eigenvalue weighted by atomic mass is 19.1. The van der Waals surface area contributed by atoms with E-state index in [0.717, 1.165) is 18.2 Å². The third kappa shape index (κ3) is 3.66. The molecule has 134 valence electrons. The number of methoxy groups -OCH3 is 1. The molecule has 1 aliphatic carbocycles. The minimum atomic E-state index is -0.807. The molecule has 1 aliphatic rings. The van der Waals surface area contributed by atoms with Gasteiger partial charge in [-0.15, -0.1) is 0 Å². The maximum atomic E-state index is 14.0. The summed E-state index contributed by atoms with van der Waals surface area (Å²) in [4.78, 5) is 17.2. The molecule has 2 aromatic rings. The Morgan fingerprint density at radius 2 is 2.24 bits per heavy atom. The van der Waals surface area contributed by atoms with E-state index in [1.54, 1.807) is 12.3 Å². The van der Waals surface area contributed by atoms with E-state index in [2.05, 4.69) is 10.3 Å². The Kier molecular flexibility index (Phi) is 5.03. The van der Waals surface area contributed by atoms with E-state index in [1.165, 1.54) is 13.2 Å². The number of hydrogen-bond donors (Lipinski definition) is 2. The summed E-state index contributed by atoms with van der Waals surface area (Å²) in [5.41, 5.74) is 0.